The predicted octanol–water partition coefficient (Wildman–Crippen LogP) is 4.68. The third-order valence-electron chi connectivity index (χ3n) is 7.10. The molecule has 3 heterocycles. The summed E-state index contributed by atoms with van der Waals surface area (Å²) in [5, 5.41) is 11.4. The number of aliphatic hydroxyl groups excluding tert-OH is 1. The van der Waals surface area contributed by atoms with Crippen molar-refractivity contribution in [2.45, 2.75) is 38.4 Å². The number of hydrogen-bond donors (Lipinski definition) is 1. The summed E-state index contributed by atoms with van der Waals surface area (Å²) in [6.45, 7) is 4.35. The van der Waals surface area contributed by atoms with Crippen LogP contribution in [0.5, 0.6) is 5.75 Å². The number of methoxy groups -OCH3 is 1. The fourth-order valence-corrected chi connectivity index (χ4v) is 5.30. The van der Waals surface area contributed by atoms with Gasteiger partial charge in [0.25, 0.3) is 11.7 Å². The van der Waals surface area contributed by atoms with Crippen molar-refractivity contribution >= 4 is 17.4 Å². The lowest BCUT2D eigenvalue weighted by Gasteiger charge is -2.38. The van der Waals surface area contributed by atoms with Crippen LogP contribution in [0.1, 0.15) is 41.3 Å². The number of benzene rings is 2. The van der Waals surface area contributed by atoms with Gasteiger partial charge in [0, 0.05) is 25.7 Å². The highest BCUT2D eigenvalue weighted by molar-refractivity contribution is 6.46. The summed E-state index contributed by atoms with van der Waals surface area (Å²) in [7, 11) is 1.51. The molecule has 0 spiro atoms. The Labute approximate surface area is 210 Å². The van der Waals surface area contributed by atoms with E-state index in [-0.39, 0.29) is 17.4 Å². The van der Waals surface area contributed by atoms with E-state index >= 15 is 0 Å². The number of likely N-dealkylation sites (tertiary alicyclic amines) is 2. The van der Waals surface area contributed by atoms with E-state index in [1.54, 1.807) is 29.2 Å². The predicted molar refractivity (Wildman–Crippen MR) is 135 cm³/mol. The van der Waals surface area contributed by atoms with Crippen LogP contribution < -0.4 is 4.74 Å². The molecular formula is C29H30N2O5. The van der Waals surface area contributed by atoms with Gasteiger partial charge in [-0.2, -0.15) is 0 Å². The number of Topliss-reactive ketones (excluding diaryl/α,β-unsaturated/α-hetero) is 1. The molecule has 0 aliphatic carbocycles. The molecule has 1 N–H and O–H groups in total. The van der Waals surface area contributed by atoms with Crippen LogP contribution in [-0.2, 0) is 16.1 Å². The number of furan rings is 1. The summed E-state index contributed by atoms with van der Waals surface area (Å²) in [5.41, 5.74) is 2.56. The molecule has 0 bridgehead atoms. The van der Waals surface area contributed by atoms with Crippen LogP contribution in [0.15, 0.2) is 76.9 Å². The van der Waals surface area contributed by atoms with Crippen molar-refractivity contribution in [3.05, 3.63) is 95.0 Å². The number of aryl methyl sites for hydroxylation is 1. The Morgan fingerprint density at radius 2 is 1.81 bits per heavy atom. The summed E-state index contributed by atoms with van der Waals surface area (Å²) < 4.78 is 11.1. The minimum Gasteiger partial charge on any atom is -0.507 e. The number of carbonyl (C=O) groups excluding carboxylic acids is 2. The van der Waals surface area contributed by atoms with Crippen molar-refractivity contribution in [1.29, 1.82) is 0 Å². The molecule has 2 saturated heterocycles. The maximum atomic E-state index is 13.4. The molecule has 2 aromatic carbocycles. The minimum absolute atomic E-state index is 0.0329. The first-order valence-corrected chi connectivity index (χ1v) is 12.2. The Balaban J connectivity index is 1.47. The van der Waals surface area contributed by atoms with Crippen molar-refractivity contribution in [1.82, 2.24) is 9.80 Å². The van der Waals surface area contributed by atoms with Gasteiger partial charge in [-0.3, -0.25) is 14.5 Å². The zero-order chi connectivity index (χ0) is 25.2. The van der Waals surface area contributed by atoms with Crippen LogP contribution in [0, 0.1) is 6.92 Å². The molecule has 1 amide bonds. The van der Waals surface area contributed by atoms with Gasteiger partial charge in [0.1, 0.15) is 23.3 Å². The summed E-state index contributed by atoms with van der Waals surface area (Å²) in [5.74, 6) is -0.680. The van der Waals surface area contributed by atoms with E-state index in [0.29, 0.717) is 17.1 Å². The standard InChI is InChI=1S/C29H30N2O5/c1-19-10-11-23(35-2)22(17-19)27(32)25-26(24-9-6-16-36-24)31(29(34)28(25)33)21-12-14-30(15-13-21)18-20-7-4-3-5-8-20/h3-11,16-17,21,26,32H,12-15,18H2,1-2H3/b27-25-. The Morgan fingerprint density at radius 3 is 2.47 bits per heavy atom. The van der Waals surface area contributed by atoms with Crippen LogP contribution in [-0.4, -0.2) is 52.8 Å². The van der Waals surface area contributed by atoms with Gasteiger partial charge in [-0.25, -0.2) is 0 Å². The highest BCUT2D eigenvalue weighted by Crippen LogP contribution is 2.43. The van der Waals surface area contributed by atoms with Crippen molar-refractivity contribution in [3.8, 4) is 5.75 Å². The van der Waals surface area contributed by atoms with Crippen molar-refractivity contribution in [3.63, 3.8) is 0 Å². The second kappa shape index (κ2) is 10.0. The fourth-order valence-electron chi connectivity index (χ4n) is 5.30. The number of rotatable bonds is 6. The lowest BCUT2D eigenvalue weighted by Crippen LogP contribution is -2.46. The molecule has 2 aliphatic heterocycles. The van der Waals surface area contributed by atoms with Crippen LogP contribution in [0.25, 0.3) is 5.76 Å². The third-order valence-corrected chi connectivity index (χ3v) is 7.10. The van der Waals surface area contributed by atoms with Crippen LogP contribution in [0.4, 0.5) is 0 Å². The van der Waals surface area contributed by atoms with E-state index in [4.69, 9.17) is 9.15 Å². The molecule has 186 valence electrons. The van der Waals surface area contributed by atoms with E-state index in [1.165, 1.54) is 18.9 Å². The number of carbonyl (C=O) groups is 2. The minimum atomic E-state index is -0.795. The lowest BCUT2D eigenvalue weighted by molar-refractivity contribution is -0.142. The highest BCUT2D eigenvalue weighted by Gasteiger charge is 2.50. The van der Waals surface area contributed by atoms with Crippen molar-refractivity contribution in [2.24, 2.45) is 0 Å². The zero-order valence-corrected chi connectivity index (χ0v) is 20.5. The number of ketones is 1. The second-order valence-corrected chi connectivity index (χ2v) is 9.42. The van der Waals surface area contributed by atoms with E-state index in [9.17, 15) is 14.7 Å². The van der Waals surface area contributed by atoms with Gasteiger partial charge in [-0.05, 0) is 49.6 Å². The van der Waals surface area contributed by atoms with Gasteiger partial charge in [-0.15, -0.1) is 0 Å². The largest absolute Gasteiger partial charge is 0.507 e. The number of amides is 1. The van der Waals surface area contributed by atoms with Crippen molar-refractivity contribution in [2.75, 3.05) is 20.2 Å². The summed E-state index contributed by atoms with van der Waals surface area (Å²) >= 11 is 0. The Hall–Kier alpha value is -3.84. The molecule has 2 aliphatic rings. The Bertz CT molecular complexity index is 1270. The van der Waals surface area contributed by atoms with E-state index in [1.807, 2.05) is 31.2 Å². The second-order valence-electron chi connectivity index (χ2n) is 9.42. The topological polar surface area (TPSA) is 83.2 Å². The number of ether oxygens (including phenoxy) is 1. The third kappa shape index (κ3) is 4.42. The number of piperidine rings is 1. The van der Waals surface area contributed by atoms with E-state index in [2.05, 4.69) is 17.0 Å². The van der Waals surface area contributed by atoms with E-state index < -0.39 is 17.7 Å². The van der Waals surface area contributed by atoms with Crippen LogP contribution in [0.2, 0.25) is 0 Å². The maximum absolute atomic E-state index is 13.4. The van der Waals surface area contributed by atoms with Crippen molar-refractivity contribution < 1.29 is 23.8 Å². The van der Waals surface area contributed by atoms with Crippen LogP contribution in [0.3, 0.4) is 0 Å². The Kier molecular flexibility index (Phi) is 6.65. The molecule has 1 unspecified atom stereocenters. The highest BCUT2D eigenvalue weighted by atomic mass is 16.5. The lowest BCUT2D eigenvalue weighted by atomic mass is 9.96. The normalized spacial score (nSPS) is 20.7. The van der Waals surface area contributed by atoms with Gasteiger partial charge in [0.2, 0.25) is 0 Å². The molecule has 2 fully saturated rings. The SMILES string of the molecule is COc1ccc(C)cc1/C(O)=C1/C(=O)C(=O)N(C2CCN(Cc3ccccc3)CC2)C1c1ccco1. The first kappa shape index (κ1) is 23.9. The quantitative estimate of drug-likeness (QED) is 0.309. The summed E-state index contributed by atoms with van der Waals surface area (Å²) in [4.78, 5) is 30.7. The molecule has 3 aromatic rings. The monoisotopic (exact) mass is 486 g/mol. The number of nitrogens with zero attached hydrogens (tertiary/aromatic N) is 2. The van der Waals surface area contributed by atoms with E-state index in [0.717, 1.165) is 38.0 Å². The average molecular weight is 487 g/mol. The molecule has 7 heteroatoms. The fraction of sp³-hybridized carbons (Fsp3) is 0.310. The molecule has 7 nitrogen and oxygen atoms in total. The summed E-state index contributed by atoms with van der Waals surface area (Å²) in [6, 6.07) is 18.2. The molecular weight excluding hydrogens is 456 g/mol. The van der Waals surface area contributed by atoms with Crippen LogP contribution >= 0.6 is 0 Å². The molecule has 0 radical (unpaired) electrons. The first-order valence-electron chi connectivity index (χ1n) is 12.2. The van der Waals surface area contributed by atoms with Gasteiger partial charge in [0.15, 0.2) is 0 Å². The maximum Gasteiger partial charge on any atom is 0.296 e. The van der Waals surface area contributed by atoms with Gasteiger partial charge in [0.05, 0.1) is 24.5 Å². The first-order chi connectivity index (χ1) is 17.5. The van der Waals surface area contributed by atoms with Gasteiger partial charge in [-0.1, -0.05) is 42.0 Å². The zero-order valence-electron chi connectivity index (χ0n) is 20.5. The molecule has 5 rings (SSSR count). The summed E-state index contributed by atoms with van der Waals surface area (Å²) in [6.07, 6.45) is 2.97. The average Bonchev–Trinajstić information content (AvgIpc) is 3.52. The van der Waals surface area contributed by atoms with Gasteiger partial charge < -0.3 is 19.2 Å². The Morgan fingerprint density at radius 1 is 1.06 bits per heavy atom. The molecule has 1 atom stereocenters. The number of hydrogen-bond acceptors (Lipinski definition) is 6. The molecule has 0 saturated carbocycles. The van der Waals surface area contributed by atoms with Gasteiger partial charge >= 0.3 is 0 Å². The molecule has 36 heavy (non-hydrogen) atoms. The number of aliphatic hydroxyl groups is 1. The smallest absolute Gasteiger partial charge is 0.296 e. The molecule has 1 aromatic heterocycles.